The second kappa shape index (κ2) is 7.82. The maximum atomic E-state index is 12.7. The number of carbonyl (C=O) groups is 1. The molecule has 0 bridgehead atoms. The summed E-state index contributed by atoms with van der Waals surface area (Å²) in [5, 5.41) is 22.3. The number of allylic oxidation sites excluding steroid dienone is 2. The van der Waals surface area contributed by atoms with Gasteiger partial charge >= 0.3 is 5.97 Å². The van der Waals surface area contributed by atoms with Gasteiger partial charge in [-0.3, -0.25) is 4.79 Å². The Morgan fingerprint density at radius 3 is 2.26 bits per heavy atom. The van der Waals surface area contributed by atoms with Crippen LogP contribution in [0, 0.1) is 56.7 Å². The largest absolute Gasteiger partial charge is 0.469 e. The molecule has 5 rings (SSSR count). The highest BCUT2D eigenvalue weighted by Crippen LogP contribution is 2.75. The molecule has 35 heavy (non-hydrogen) atoms. The van der Waals surface area contributed by atoms with Crippen LogP contribution < -0.4 is 0 Å². The van der Waals surface area contributed by atoms with Gasteiger partial charge in [-0.15, -0.1) is 0 Å². The van der Waals surface area contributed by atoms with Crippen LogP contribution in [0.25, 0.3) is 0 Å². The van der Waals surface area contributed by atoms with Crippen LogP contribution in [0.4, 0.5) is 0 Å². The van der Waals surface area contributed by atoms with Crippen molar-refractivity contribution in [3.05, 3.63) is 11.6 Å². The Morgan fingerprint density at radius 1 is 0.914 bits per heavy atom. The number of fused-ring (bicyclic) bond motifs is 7. The number of methoxy groups -OCH3 is 1. The first-order valence-corrected chi connectivity index (χ1v) is 14.3. The zero-order valence-electron chi connectivity index (χ0n) is 23.5. The van der Waals surface area contributed by atoms with Crippen LogP contribution in [0.3, 0.4) is 0 Å². The average Bonchev–Trinajstić information content (AvgIpc) is 2.79. The highest BCUT2D eigenvalue weighted by atomic mass is 16.5. The zero-order chi connectivity index (χ0) is 25.8. The summed E-state index contributed by atoms with van der Waals surface area (Å²) in [4.78, 5) is 12.7. The Bertz CT molecular complexity index is 923. The topological polar surface area (TPSA) is 66.8 Å². The minimum atomic E-state index is -0.474. The van der Waals surface area contributed by atoms with Crippen LogP contribution >= 0.6 is 0 Å². The summed E-state index contributed by atoms with van der Waals surface area (Å²) in [6, 6.07) is 0. The molecule has 11 atom stereocenters. The van der Waals surface area contributed by atoms with Gasteiger partial charge in [0.25, 0.3) is 0 Å². The van der Waals surface area contributed by atoms with Crippen molar-refractivity contribution in [2.75, 3.05) is 7.11 Å². The van der Waals surface area contributed by atoms with E-state index in [0.29, 0.717) is 18.3 Å². The van der Waals surface area contributed by atoms with Crippen LogP contribution in [0.15, 0.2) is 11.6 Å². The molecule has 0 aliphatic heterocycles. The predicted octanol–water partition coefficient (Wildman–Crippen LogP) is 6.15. The van der Waals surface area contributed by atoms with E-state index in [2.05, 4.69) is 54.5 Å². The normalized spacial score (nSPS) is 54.9. The molecule has 0 aromatic carbocycles. The summed E-state index contributed by atoms with van der Waals surface area (Å²) in [5.74, 6) is 1.11. The molecule has 6 unspecified atom stereocenters. The van der Waals surface area contributed by atoms with Crippen LogP contribution in [-0.2, 0) is 9.53 Å². The van der Waals surface area contributed by atoms with Crippen LogP contribution in [0.1, 0.15) is 99.8 Å². The van der Waals surface area contributed by atoms with Gasteiger partial charge in [0, 0.05) is 5.41 Å². The van der Waals surface area contributed by atoms with Gasteiger partial charge < -0.3 is 14.9 Å². The van der Waals surface area contributed by atoms with Gasteiger partial charge in [0.05, 0.1) is 25.2 Å². The fraction of sp³-hybridized carbons (Fsp3) is 0.903. The fourth-order valence-electron chi connectivity index (χ4n) is 11.1. The standard InChI is InChI=1S/C31H50O4/c1-18-19(26(34)35-8)17-24(33)29(5)15-16-30(6)20(25(18)29)9-10-22-28(4)13-12-23(32)27(2,3)21(28)11-14-31(22,30)7/h9,18-19,21-25,32-33H,10-17H2,1-8H3/t18-,19?,21?,22?,23-,24?,25?,28-,29-,30?,31+/m0/s1. The van der Waals surface area contributed by atoms with E-state index in [1.165, 1.54) is 25.5 Å². The molecule has 5 aliphatic carbocycles. The van der Waals surface area contributed by atoms with Crippen molar-refractivity contribution < 1.29 is 19.7 Å². The Hall–Kier alpha value is -0.870. The van der Waals surface area contributed by atoms with Crippen molar-refractivity contribution in [3.63, 3.8) is 0 Å². The Kier molecular flexibility index (Phi) is 5.76. The molecular weight excluding hydrogens is 436 g/mol. The first kappa shape index (κ1) is 25.8. The number of hydrogen-bond acceptors (Lipinski definition) is 4. The lowest BCUT2D eigenvalue weighted by Gasteiger charge is -2.71. The highest BCUT2D eigenvalue weighted by molar-refractivity contribution is 5.73. The number of rotatable bonds is 1. The minimum absolute atomic E-state index is 0.0416. The third kappa shape index (κ3) is 3.08. The third-order valence-electron chi connectivity index (χ3n) is 13.6. The molecule has 0 heterocycles. The van der Waals surface area contributed by atoms with Gasteiger partial charge in [0.15, 0.2) is 0 Å². The molecule has 0 saturated heterocycles. The molecule has 4 saturated carbocycles. The quantitative estimate of drug-likeness (QED) is 0.345. The summed E-state index contributed by atoms with van der Waals surface area (Å²) in [5.41, 5.74) is 1.79. The number of esters is 1. The molecule has 4 fully saturated rings. The van der Waals surface area contributed by atoms with Crippen molar-refractivity contribution in [2.45, 2.75) is 112 Å². The van der Waals surface area contributed by atoms with E-state index in [4.69, 9.17) is 4.74 Å². The highest BCUT2D eigenvalue weighted by Gasteiger charge is 2.69. The van der Waals surface area contributed by atoms with E-state index >= 15 is 0 Å². The zero-order valence-corrected chi connectivity index (χ0v) is 23.5. The van der Waals surface area contributed by atoms with Gasteiger partial charge in [-0.05, 0) is 96.7 Å². The van der Waals surface area contributed by atoms with Crippen molar-refractivity contribution in [2.24, 2.45) is 56.7 Å². The molecule has 0 spiro atoms. The van der Waals surface area contributed by atoms with Crippen molar-refractivity contribution in [1.29, 1.82) is 0 Å². The lowest BCUT2D eigenvalue weighted by Crippen LogP contribution is -2.65. The van der Waals surface area contributed by atoms with E-state index in [9.17, 15) is 15.0 Å². The van der Waals surface area contributed by atoms with E-state index in [1.54, 1.807) is 0 Å². The van der Waals surface area contributed by atoms with Gasteiger partial charge in [0.1, 0.15) is 0 Å². The summed E-state index contributed by atoms with van der Waals surface area (Å²) < 4.78 is 5.20. The summed E-state index contributed by atoms with van der Waals surface area (Å²) in [6.07, 6.45) is 10.0. The summed E-state index contributed by atoms with van der Waals surface area (Å²) in [7, 11) is 1.48. The first-order valence-electron chi connectivity index (χ1n) is 14.3. The molecule has 4 heteroatoms. The molecular formula is C31H50O4. The van der Waals surface area contributed by atoms with Crippen molar-refractivity contribution in [3.8, 4) is 0 Å². The monoisotopic (exact) mass is 486 g/mol. The van der Waals surface area contributed by atoms with Gasteiger partial charge in [-0.2, -0.15) is 0 Å². The van der Waals surface area contributed by atoms with Crippen molar-refractivity contribution in [1.82, 2.24) is 0 Å². The Balaban J connectivity index is 1.59. The van der Waals surface area contributed by atoms with Crippen LogP contribution in [0.5, 0.6) is 0 Å². The number of ether oxygens (including phenoxy) is 1. The molecule has 0 aromatic heterocycles. The van der Waals surface area contributed by atoms with Crippen LogP contribution in [-0.4, -0.2) is 35.5 Å². The summed E-state index contributed by atoms with van der Waals surface area (Å²) >= 11 is 0. The second-order valence-corrected chi connectivity index (χ2v) is 14.9. The molecule has 0 amide bonds. The molecule has 0 radical (unpaired) electrons. The second-order valence-electron chi connectivity index (χ2n) is 14.9. The Labute approximate surface area is 213 Å². The third-order valence-corrected chi connectivity index (χ3v) is 13.6. The number of aliphatic hydroxyl groups is 2. The lowest BCUT2D eigenvalue weighted by atomic mass is 9.33. The van der Waals surface area contributed by atoms with E-state index in [-0.39, 0.29) is 56.9 Å². The maximum Gasteiger partial charge on any atom is 0.309 e. The molecule has 0 aromatic rings. The number of hydrogen-bond donors (Lipinski definition) is 2. The number of aliphatic hydroxyl groups excluding tert-OH is 2. The van der Waals surface area contributed by atoms with E-state index < -0.39 is 6.10 Å². The maximum absolute atomic E-state index is 12.7. The lowest BCUT2D eigenvalue weighted by molar-refractivity contribution is -0.209. The summed E-state index contributed by atoms with van der Waals surface area (Å²) in [6.45, 7) is 16.8. The molecule has 4 nitrogen and oxygen atoms in total. The minimum Gasteiger partial charge on any atom is -0.469 e. The number of carbonyl (C=O) groups excluding carboxylic acids is 1. The average molecular weight is 487 g/mol. The predicted molar refractivity (Wildman–Crippen MR) is 138 cm³/mol. The van der Waals surface area contributed by atoms with E-state index in [1.807, 2.05) is 0 Å². The molecule has 198 valence electrons. The SMILES string of the molecule is COC(=O)C1CC(O)[C@]2(C)CCC3(C)C(=CCC4[C@@]5(C)CC[C@H](O)C(C)(C)C5CC[C@]43C)C2[C@H]1C. The molecule has 2 N–H and O–H groups in total. The first-order chi connectivity index (χ1) is 16.2. The van der Waals surface area contributed by atoms with Crippen molar-refractivity contribution >= 4 is 5.97 Å². The smallest absolute Gasteiger partial charge is 0.309 e. The molecule has 5 aliphatic rings. The van der Waals surface area contributed by atoms with Crippen LogP contribution in [0.2, 0.25) is 0 Å². The van der Waals surface area contributed by atoms with Gasteiger partial charge in [-0.25, -0.2) is 0 Å². The Morgan fingerprint density at radius 2 is 1.60 bits per heavy atom. The fourth-order valence-corrected chi connectivity index (χ4v) is 11.1. The van der Waals surface area contributed by atoms with Gasteiger partial charge in [-0.1, -0.05) is 60.1 Å². The van der Waals surface area contributed by atoms with E-state index in [0.717, 1.165) is 32.1 Å². The van der Waals surface area contributed by atoms with Gasteiger partial charge in [0.2, 0.25) is 0 Å².